The van der Waals surface area contributed by atoms with E-state index in [9.17, 15) is 4.79 Å². The van der Waals surface area contributed by atoms with Crippen LogP contribution in [0.2, 0.25) is 0 Å². The molecule has 1 heterocycles. The lowest BCUT2D eigenvalue weighted by Crippen LogP contribution is -2.44. The Bertz CT molecular complexity index is 534. The monoisotopic (exact) mass is 238 g/mol. The summed E-state index contributed by atoms with van der Waals surface area (Å²) in [6.45, 7) is 0. The molecule has 90 valence electrons. The van der Waals surface area contributed by atoms with Crippen LogP contribution < -0.4 is 0 Å². The van der Waals surface area contributed by atoms with Crippen LogP contribution in [0.4, 0.5) is 0 Å². The standard InChI is InChI=1S/C16H14O2/c17-16-15(13-9-5-2-6-10-13)14(18-16)11-12-7-3-1-4-8-12/h1-10,14-15H,11H2. The van der Waals surface area contributed by atoms with Crippen molar-refractivity contribution in [2.45, 2.75) is 18.4 Å². The Hall–Kier alpha value is -2.09. The largest absolute Gasteiger partial charge is 0.460 e. The highest BCUT2D eigenvalue weighted by Gasteiger charge is 2.43. The van der Waals surface area contributed by atoms with E-state index in [0.29, 0.717) is 0 Å². The minimum absolute atomic E-state index is 0.0256. The van der Waals surface area contributed by atoms with Crippen molar-refractivity contribution in [3.05, 3.63) is 71.8 Å². The van der Waals surface area contributed by atoms with E-state index >= 15 is 0 Å². The van der Waals surface area contributed by atoms with Gasteiger partial charge in [-0.25, -0.2) is 0 Å². The first-order valence-electron chi connectivity index (χ1n) is 6.14. The average Bonchev–Trinajstić information content (AvgIpc) is 2.40. The molecule has 2 heteroatoms. The van der Waals surface area contributed by atoms with Crippen LogP contribution in [0.5, 0.6) is 0 Å². The van der Waals surface area contributed by atoms with Crippen molar-refractivity contribution in [3.63, 3.8) is 0 Å². The van der Waals surface area contributed by atoms with E-state index in [0.717, 1.165) is 12.0 Å². The van der Waals surface area contributed by atoms with E-state index in [1.165, 1.54) is 5.56 Å². The fourth-order valence-electron chi connectivity index (χ4n) is 2.39. The molecule has 0 aliphatic carbocycles. The minimum Gasteiger partial charge on any atom is -0.460 e. The minimum atomic E-state index is -0.109. The fraction of sp³-hybridized carbons (Fsp3) is 0.188. The summed E-state index contributed by atoms with van der Waals surface area (Å²) in [5, 5.41) is 0. The Morgan fingerprint density at radius 2 is 1.50 bits per heavy atom. The molecule has 18 heavy (non-hydrogen) atoms. The van der Waals surface area contributed by atoms with Gasteiger partial charge in [0.15, 0.2) is 0 Å². The van der Waals surface area contributed by atoms with Crippen LogP contribution in [0.25, 0.3) is 0 Å². The lowest BCUT2D eigenvalue weighted by Gasteiger charge is -2.35. The first-order chi connectivity index (χ1) is 8.84. The van der Waals surface area contributed by atoms with Gasteiger partial charge in [0.1, 0.15) is 12.0 Å². The molecule has 2 nitrogen and oxygen atoms in total. The second kappa shape index (κ2) is 4.65. The third-order valence-electron chi connectivity index (χ3n) is 3.33. The van der Waals surface area contributed by atoms with E-state index in [2.05, 4.69) is 12.1 Å². The fourth-order valence-corrected chi connectivity index (χ4v) is 2.39. The van der Waals surface area contributed by atoms with Crippen molar-refractivity contribution >= 4 is 5.97 Å². The van der Waals surface area contributed by atoms with E-state index in [-0.39, 0.29) is 18.0 Å². The predicted molar refractivity (Wildman–Crippen MR) is 69.2 cm³/mol. The van der Waals surface area contributed by atoms with Crippen LogP contribution in [-0.2, 0) is 16.0 Å². The molecule has 1 saturated heterocycles. The van der Waals surface area contributed by atoms with Crippen molar-refractivity contribution in [1.82, 2.24) is 0 Å². The number of ether oxygens (including phenoxy) is 1. The van der Waals surface area contributed by atoms with Crippen molar-refractivity contribution in [3.8, 4) is 0 Å². The van der Waals surface area contributed by atoms with E-state index in [1.807, 2.05) is 48.5 Å². The van der Waals surface area contributed by atoms with Crippen molar-refractivity contribution in [1.29, 1.82) is 0 Å². The molecule has 1 aliphatic heterocycles. The zero-order valence-electron chi connectivity index (χ0n) is 9.95. The average molecular weight is 238 g/mol. The highest BCUT2D eigenvalue weighted by Crippen LogP contribution is 2.34. The second-order valence-electron chi connectivity index (χ2n) is 4.55. The number of carbonyl (C=O) groups is 1. The molecule has 2 atom stereocenters. The van der Waals surface area contributed by atoms with Crippen LogP contribution in [0.1, 0.15) is 17.0 Å². The van der Waals surface area contributed by atoms with E-state index < -0.39 is 0 Å². The summed E-state index contributed by atoms with van der Waals surface area (Å²) in [7, 11) is 0. The Balaban J connectivity index is 1.77. The molecule has 2 unspecified atom stereocenters. The molecule has 0 saturated carbocycles. The maximum absolute atomic E-state index is 11.6. The third kappa shape index (κ3) is 2.02. The summed E-state index contributed by atoms with van der Waals surface area (Å²) < 4.78 is 5.27. The van der Waals surface area contributed by atoms with Crippen molar-refractivity contribution < 1.29 is 9.53 Å². The van der Waals surface area contributed by atoms with Gasteiger partial charge in [-0.3, -0.25) is 4.79 Å². The molecular weight excluding hydrogens is 224 g/mol. The van der Waals surface area contributed by atoms with Crippen molar-refractivity contribution in [2.24, 2.45) is 0 Å². The Morgan fingerprint density at radius 1 is 0.889 bits per heavy atom. The van der Waals surface area contributed by atoms with E-state index in [1.54, 1.807) is 0 Å². The van der Waals surface area contributed by atoms with Gasteiger partial charge in [0.2, 0.25) is 0 Å². The topological polar surface area (TPSA) is 26.3 Å². The Labute approximate surface area is 106 Å². The maximum Gasteiger partial charge on any atom is 0.317 e. The molecule has 2 aromatic rings. The predicted octanol–water partition coefficient (Wildman–Crippen LogP) is 2.94. The van der Waals surface area contributed by atoms with Gasteiger partial charge in [0.05, 0.1) is 0 Å². The van der Waals surface area contributed by atoms with Crippen LogP contribution in [0.3, 0.4) is 0 Å². The SMILES string of the molecule is O=C1OC(Cc2ccccc2)C1c1ccccc1. The van der Waals surface area contributed by atoms with Crippen LogP contribution in [0.15, 0.2) is 60.7 Å². The maximum atomic E-state index is 11.6. The number of cyclic esters (lactones) is 1. The van der Waals surface area contributed by atoms with Gasteiger partial charge < -0.3 is 4.74 Å². The lowest BCUT2D eigenvalue weighted by molar-refractivity contribution is -0.174. The molecule has 2 aromatic carbocycles. The van der Waals surface area contributed by atoms with Crippen molar-refractivity contribution in [2.75, 3.05) is 0 Å². The van der Waals surface area contributed by atoms with Gasteiger partial charge >= 0.3 is 5.97 Å². The molecule has 0 radical (unpaired) electrons. The highest BCUT2D eigenvalue weighted by molar-refractivity contribution is 5.84. The summed E-state index contributed by atoms with van der Waals surface area (Å²) in [4.78, 5) is 11.6. The molecule has 1 fully saturated rings. The molecular formula is C16H14O2. The Morgan fingerprint density at radius 3 is 2.11 bits per heavy atom. The smallest absolute Gasteiger partial charge is 0.317 e. The quantitative estimate of drug-likeness (QED) is 0.768. The van der Waals surface area contributed by atoms with Crippen LogP contribution >= 0.6 is 0 Å². The normalized spacial score (nSPS) is 22.1. The van der Waals surface area contributed by atoms with Gasteiger partial charge in [-0.15, -0.1) is 0 Å². The Kier molecular flexibility index (Phi) is 2.85. The van der Waals surface area contributed by atoms with Gasteiger partial charge in [-0.1, -0.05) is 60.7 Å². The number of esters is 1. The number of rotatable bonds is 3. The van der Waals surface area contributed by atoms with E-state index in [4.69, 9.17) is 4.74 Å². The number of benzene rings is 2. The summed E-state index contributed by atoms with van der Waals surface area (Å²) in [6.07, 6.45) is 0.758. The lowest BCUT2D eigenvalue weighted by atomic mass is 9.85. The first-order valence-corrected chi connectivity index (χ1v) is 6.14. The zero-order chi connectivity index (χ0) is 12.4. The van der Waals surface area contributed by atoms with Gasteiger partial charge in [-0.05, 0) is 11.1 Å². The van der Waals surface area contributed by atoms with Gasteiger partial charge in [-0.2, -0.15) is 0 Å². The number of hydrogen-bond donors (Lipinski definition) is 0. The molecule has 0 aromatic heterocycles. The second-order valence-corrected chi connectivity index (χ2v) is 4.55. The molecule has 3 rings (SSSR count). The molecule has 0 amide bonds. The van der Waals surface area contributed by atoms with Crippen LogP contribution in [0, 0.1) is 0 Å². The highest BCUT2D eigenvalue weighted by atomic mass is 16.6. The summed E-state index contributed by atoms with van der Waals surface area (Å²) in [6, 6.07) is 20.0. The summed E-state index contributed by atoms with van der Waals surface area (Å²) in [5.41, 5.74) is 2.26. The molecule has 1 aliphatic rings. The number of carbonyl (C=O) groups excluding carboxylic acids is 1. The zero-order valence-corrected chi connectivity index (χ0v) is 9.95. The summed E-state index contributed by atoms with van der Waals surface area (Å²) >= 11 is 0. The molecule has 0 spiro atoms. The number of hydrogen-bond acceptors (Lipinski definition) is 2. The molecule has 0 N–H and O–H groups in total. The molecule has 0 bridgehead atoms. The summed E-state index contributed by atoms with van der Waals surface area (Å²) in [5.74, 6) is -0.214. The third-order valence-corrected chi connectivity index (χ3v) is 3.33. The first kappa shape index (κ1) is 11.0. The van der Waals surface area contributed by atoms with Gasteiger partial charge in [0, 0.05) is 6.42 Å². The van der Waals surface area contributed by atoms with Gasteiger partial charge in [0.25, 0.3) is 0 Å². The van der Waals surface area contributed by atoms with Crippen LogP contribution in [-0.4, -0.2) is 12.1 Å².